The van der Waals surface area contributed by atoms with E-state index in [1.807, 2.05) is 31.2 Å². The SMILES string of the molecule is CCS(=O)(=O)c1cccc(-c2cccc(C)n2)c1. The Morgan fingerprint density at radius 1 is 1.11 bits per heavy atom. The van der Waals surface area contributed by atoms with E-state index in [1.54, 1.807) is 25.1 Å². The zero-order valence-corrected chi connectivity index (χ0v) is 11.2. The molecule has 94 valence electrons. The lowest BCUT2D eigenvalue weighted by Crippen LogP contribution is -2.03. The number of nitrogens with zero attached hydrogens (tertiary/aromatic N) is 1. The van der Waals surface area contributed by atoms with Gasteiger partial charge in [0.2, 0.25) is 0 Å². The first kappa shape index (κ1) is 12.8. The minimum Gasteiger partial charge on any atom is -0.253 e. The van der Waals surface area contributed by atoms with Gasteiger partial charge in [0, 0.05) is 11.3 Å². The van der Waals surface area contributed by atoms with Crippen LogP contribution < -0.4 is 0 Å². The predicted octanol–water partition coefficient (Wildman–Crippen LogP) is 2.85. The molecule has 0 saturated heterocycles. The van der Waals surface area contributed by atoms with Crippen molar-refractivity contribution in [1.29, 1.82) is 0 Å². The Hall–Kier alpha value is -1.68. The number of aromatic nitrogens is 1. The van der Waals surface area contributed by atoms with Gasteiger partial charge in [0.05, 0.1) is 16.3 Å². The zero-order valence-electron chi connectivity index (χ0n) is 10.4. The van der Waals surface area contributed by atoms with Gasteiger partial charge in [-0.15, -0.1) is 0 Å². The molecule has 0 N–H and O–H groups in total. The molecule has 0 spiro atoms. The molecule has 18 heavy (non-hydrogen) atoms. The number of rotatable bonds is 3. The van der Waals surface area contributed by atoms with Crippen molar-refractivity contribution in [2.24, 2.45) is 0 Å². The molecule has 0 radical (unpaired) electrons. The van der Waals surface area contributed by atoms with Crippen molar-refractivity contribution in [2.75, 3.05) is 5.75 Å². The summed E-state index contributed by atoms with van der Waals surface area (Å²) in [5.74, 6) is 0.109. The lowest BCUT2D eigenvalue weighted by atomic mass is 10.1. The summed E-state index contributed by atoms with van der Waals surface area (Å²) in [4.78, 5) is 4.75. The summed E-state index contributed by atoms with van der Waals surface area (Å²) >= 11 is 0. The van der Waals surface area contributed by atoms with Crippen molar-refractivity contribution < 1.29 is 8.42 Å². The highest BCUT2D eigenvalue weighted by molar-refractivity contribution is 7.91. The highest BCUT2D eigenvalue weighted by Crippen LogP contribution is 2.21. The number of aryl methyl sites for hydroxylation is 1. The molecule has 0 aliphatic rings. The Balaban J connectivity index is 2.52. The fourth-order valence-electron chi connectivity index (χ4n) is 1.72. The molecule has 0 aliphatic carbocycles. The van der Waals surface area contributed by atoms with Crippen LogP contribution in [0.3, 0.4) is 0 Å². The van der Waals surface area contributed by atoms with Gasteiger partial charge in [0.15, 0.2) is 9.84 Å². The fraction of sp³-hybridized carbons (Fsp3) is 0.214. The van der Waals surface area contributed by atoms with Crippen molar-refractivity contribution in [2.45, 2.75) is 18.7 Å². The van der Waals surface area contributed by atoms with Gasteiger partial charge >= 0.3 is 0 Å². The Kier molecular flexibility index (Phi) is 3.48. The van der Waals surface area contributed by atoms with E-state index < -0.39 is 9.84 Å². The monoisotopic (exact) mass is 261 g/mol. The van der Waals surface area contributed by atoms with Crippen molar-refractivity contribution >= 4 is 9.84 Å². The second-order valence-electron chi connectivity index (χ2n) is 4.10. The van der Waals surface area contributed by atoms with Gasteiger partial charge in [0.1, 0.15) is 0 Å². The number of sulfone groups is 1. The molecule has 0 aliphatic heterocycles. The Bertz CT molecular complexity index is 663. The van der Waals surface area contributed by atoms with Gasteiger partial charge in [0.25, 0.3) is 0 Å². The molecule has 3 nitrogen and oxygen atoms in total. The second-order valence-corrected chi connectivity index (χ2v) is 6.37. The van der Waals surface area contributed by atoms with Crippen LogP contribution in [0.2, 0.25) is 0 Å². The third kappa shape index (κ3) is 2.59. The van der Waals surface area contributed by atoms with Crippen LogP contribution in [0, 0.1) is 6.92 Å². The standard InChI is InChI=1S/C14H15NO2S/c1-3-18(16,17)13-8-5-7-12(10-13)14-9-4-6-11(2)15-14/h4-10H,3H2,1-2H3. The van der Waals surface area contributed by atoms with E-state index in [0.717, 1.165) is 17.0 Å². The van der Waals surface area contributed by atoms with E-state index in [1.165, 1.54) is 0 Å². The van der Waals surface area contributed by atoms with Crippen molar-refractivity contribution in [3.05, 3.63) is 48.2 Å². The Morgan fingerprint density at radius 2 is 1.83 bits per heavy atom. The largest absolute Gasteiger partial charge is 0.253 e. The molecule has 1 aromatic carbocycles. The molecule has 0 unspecified atom stereocenters. The predicted molar refractivity (Wildman–Crippen MR) is 72.1 cm³/mol. The van der Waals surface area contributed by atoms with E-state index in [2.05, 4.69) is 4.98 Å². The summed E-state index contributed by atoms with van der Waals surface area (Å²) in [6.07, 6.45) is 0. The van der Waals surface area contributed by atoms with Crippen LogP contribution in [0.15, 0.2) is 47.4 Å². The van der Waals surface area contributed by atoms with Crippen LogP contribution in [-0.2, 0) is 9.84 Å². The van der Waals surface area contributed by atoms with Crippen LogP contribution in [0.1, 0.15) is 12.6 Å². The van der Waals surface area contributed by atoms with Crippen molar-refractivity contribution in [3.8, 4) is 11.3 Å². The third-order valence-corrected chi connectivity index (χ3v) is 4.49. The third-order valence-electron chi connectivity index (χ3n) is 2.76. The van der Waals surface area contributed by atoms with E-state index in [-0.39, 0.29) is 5.75 Å². The molecular weight excluding hydrogens is 246 g/mol. The summed E-state index contributed by atoms with van der Waals surface area (Å²) in [6.45, 7) is 3.56. The normalized spacial score (nSPS) is 11.4. The quantitative estimate of drug-likeness (QED) is 0.853. The Labute approximate surface area is 107 Å². The molecule has 0 amide bonds. The summed E-state index contributed by atoms with van der Waals surface area (Å²) in [5.41, 5.74) is 2.53. The molecule has 4 heteroatoms. The number of benzene rings is 1. The van der Waals surface area contributed by atoms with Crippen LogP contribution in [0.5, 0.6) is 0 Å². The molecule has 1 aromatic heterocycles. The van der Waals surface area contributed by atoms with Crippen molar-refractivity contribution in [3.63, 3.8) is 0 Å². The smallest absolute Gasteiger partial charge is 0.178 e. The minimum absolute atomic E-state index is 0.109. The second kappa shape index (κ2) is 4.90. The molecule has 0 fully saturated rings. The van der Waals surface area contributed by atoms with Gasteiger partial charge in [-0.1, -0.05) is 25.1 Å². The maximum Gasteiger partial charge on any atom is 0.178 e. The Morgan fingerprint density at radius 3 is 2.50 bits per heavy atom. The molecule has 0 saturated carbocycles. The average Bonchev–Trinajstić information content (AvgIpc) is 2.39. The lowest BCUT2D eigenvalue weighted by molar-refractivity contribution is 0.597. The van der Waals surface area contributed by atoms with Crippen LogP contribution in [0.4, 0.5) is 0 Å². The molecule has 2 aromatic rings. The number of hydrogen-bond donors (Lipinski definition) is 0. The number of hydrogen-bond acceptors (Lipinski definition) is 3. The zero-order chi connectivity index (χ0) is 13.2. The fourth-order valence-corrected chi connectivity index (χ4v) is 2.65. The maximum atomic E-state index is 11.8. The van der Waals surface area contributed by atoms with Gasteiger partial charge < -0.3 is 0 Å². The van der Waals surface area contributed by atoms with Crippen LogP contribution in [0.25, 0.3) is 11.3 Å². The highest BCUT2D eigenvalue weighted by atomic mass is 32.2. The summed E-state index contributed by atoms with van der Waals surface area (Å²) < 4.78 is 23.7. The van der Waals surface area contributed by atoms with E-state index in [4.69, 9.17) is 0 Å². The van der Waals surface area contributed by atoms with E-state index in [9.17, 15) is 8.42 Å². The molecule has 2 rings (SSSR count). The summed E-state index contributed by atoms with van der Waals surface area (Å²) in [5, 5.41) is 0. The average molecular weight is 261 g/mol. The van der Waals surface area contributed by atoms with Gasteiger partial charge in [-0.2, -0.15) is 0 Å². The molecule has 0 atom stereocenters. The van der Waals surface area contributed by atoms with Crippen LogP contribution in [-0.4, -0.2) is 19.2 Å². The molecular formula is C14H15NO2S. The van der Waals surface area contributed by atoms with Gasteiger partial charge in [-0.05, 0) is 31.2 Å². The summed E-state index contributed by atoms with van der Waals surface area (Å²) in [6, 6.07) is 12.6. The van der Waals surface area contributed by atoms with E-state index in [0.29, 0.717) is 4.90 Å². The van der Waals surface area contributed by atoms with Gasteiger partial charge in [-0.25, -0.2) is 8.42 Å². The molecule has 1 heterocycles. The topological polar surface area (TPSA) is 47.0 Å². The number of pyridine rings is 1. The van der Waals surface area contributed by atoms with E-state index >= 15 is 0 Å². The van der Waals surface area contributed by atoms with Gasteiger partial charge in [-0.3, -0.25) is 4.98 Å². The van der Waals surface area contributed by atoms with Crippen LogP contribution >= 0.6 is 0 Å². The lowest BCUT2D eigenvalue weighted by Gasteiger charge is -2.05. The minimum atomic E-state index is -3.17. The highest BCUT2D eigenvalue weighted by Gasteiger charge is 2.12. The first-order valence-electron chi connectivity index (χ1n) is 5.80. The first-order valence-corrected chi connectivity index (χ1v) is 7.45. The molecule has 0 bridgehead atoms. The maximum absolute atomic E-state index is 11.8. The summed E-state index contributed by atoms with van der Waals surface area (Å²) in [7, 11) is -3.17. The first-order chi connectivity index (χ1) is 8.53. The van der Waals surface area contributed by atoms with Crippen molar-refractivity contribution in [1.82, 2.24) is 4.98 Å².